The van der Waals surface area contributed by atoms with Crippen LogP contribution in [0.15, 0.2) is 47.5 Å². The summed E-state index contributed by atoms with van der Waals surface area (Å²) in [6.07, 6.45) is 4.54. The average molecular weight is 552 g/mol. The third kappa shape index (κ3) is 4.71. The highest BCUT2D eigenvalue weighted by molar-refractivity contribution is 7.93. The molecule has 5 rings (SSSR count). The molecular weight excluding hydrogens is 526 g/mol. The third-order valence-electron chi connectivity index (χ3n) is 6.25. The van der Waals surface area contributed by atoms with Gasteiger partial charge in [-0.2, -0.15) is 9.97 Å². The number of rotatable bonds is 9. The fourth-order valence-electron chi connectivity index (χ4n) is 3.94. The van der Waals surface area contributed by atoms with Crippen LogP contribution in [-0.2, 0) is 10.0 Å². The number of fused-ring (bicyclic) bond motifs is 1. The van der Waals surface area contributed by atoms with Crippen LogP contribution in [0.3, 0.4) is 0 Å². The SMILES string of the molecule is COc1ncnc(OC)c1-n1c(NS(=O)(=O)[C@@H](C)[C@H](C)c2ncc(C)cn2)nnc1-c1noc2ccccc12. The molecule has 0 saturated heterocycles. The number of hydrogen-bond donors (Lipinski definition) is 1. The molecule has 0 aliphatic rings. The Kier molecular flexibility index (Phi) is 6.82. The van der Waals surface area contributed by atoms with Crippen molar-refractivity contribution in [3.8, 4) is 29.0 Å². The first-order valence-corrected chi connectivity index (χ1v) is 13.3. The van der Waals surface area contributed by atoms with E-state index in [2.05, 4.69) is 40.0 Å². The van der Waals surface area contributed by atoms with Crippen molar-refractivity contribution in [2.75, 3.05) is 18.9 Å². The third-order valence-corrected chi connectivity index (χ3v) is 8.11. The van der Waals surface area contributed by atoms with E-state index < -0.39 is 21.2 Å². The van der Waals surface area contributed by atoms with Gasteiger partial charge in [-0.15, -0.1) is 10.2 Å². The normalized spacial score (nSPS) is 13.3. The molecule has 0 amide bonds. The number of aryl methyl sites for hydroxylation is 1. The molecule has 5 aromatic rings. The summed E-state index contributed by atoms with van der Waals surface area (Å²) in [4.78, 5) is 16.9. The predicted molar refractivity (Wildman–Crippen MR) is 140 cm³/mol. The molecule has 14 nitrogen and oxygen atoms in total. The maximum Gasteiger partial charge on any atom is 0.245 e. The van der Waals surface area contributed by atoms with Crippen LogP contribution in [0.25, 0.3) is 28.2 Å². The summed E-state index contributed by atoms with van der Waals surface area (Å²) in [6, 6.07) is 7.17. The number of hydrogen-bond acceptors (Lipinski definition) is 12. The van der Waals surface area contributed by atoms with Crippen LogP contribution in [0.4, 0.5) is 5.95 Å². The number of ether oxygens (including phenoxy) is 2. The molecule has 0 aliphatic carbocycles. The van der Waals surface area contributed by atoms with E-state index in [0.717, 1.165) is 5.56 Å². The van der Waals surface area contributed by atoms with Gasteiger partial charge in [-0.05, 0) is 31.5 Å². The maximum atomic E-state index is 13.6. The predicted octanol–water partition coefficient (Wildman–Crippen LogP) is 2.92. The fraction of sp³-hybridized carbons (Fsp3) is 0.292. The Morgan fingerprint density at radius 2 is 1.64 bits per heavy atom. The second kappa shape index (κ2) is 10.2. The van der Waals surface area contributed by atoms with Gasteiger partial charge in [0.25, 0.3) is 0 Å². The van der Waals surface area contributed by atoms with Crippen LogP contribution >= 0.6 is 0 Å². The Balaban J connectivity index is 1.65. The van der Waals surface area contributed by atoms with Crippen LogP contribution in [0.1, 0.15) is 31.2 Å². The Labute approximate surface area is 223 Å². The average Bonchev–Trinajstić information content (AvgIpc) is 3.55. The Hall–Kier alpha value is -4.66. The highest BCUT2D eigenvalue weighted by atomic mass is 32.2. The summed E-state index contributed by atoms with van der Waals surface area (Å²) in [5.74, 6) is 0.0206. The van der Waals surface area contributed by atoms with Gasteiger partial charge in [-0.3, -0.25) is 4.72 Å². The molecular formula is C24H25N9O5S. The zero-order valence-electron chi connectivity index (χ0n) is 21.7. The van der Waals surface area contributed by atoms with E-state index in [0.29, 0.717) is 22.5 Å². The molecule has 4 aromatic heterocycles. The van der Waals surface area contributed by atoms with Crippen LogP contribution in [0.5, 0.6) is 11.8 Å². The minimum absolute atomic E-state index is 0.0885. The van der Waals surface area contributed by atoms with E-state index in [1.165, 1.54) is 25.1 Å². The second-order valence-corrected chi connectivity index (χ2v) is 10.7. The van der Waals surface area contributed by atoms with Crippen molar-refractivity contribution >= 4 is 26.9 Å². The molecule has 15 heteroatoms. The van der Waals surface area contributed by atoms with Gasteiger partial charge < -0.3 is 14.0 Å². The first kappa shape index (κ1) is 26.0. The van der Waals surface area contributed by atoms with Crippen molar-refractivity contribution in [2.45, 2.75) is 31.9 Å². The molecule has 0 radical (unpaired) electrons. The van der Waals surface area contributed by atoms with Gasteiger partial charge in [0.2, 0.25) is 27.7 Å². The van der Waals surface area contributed by atoms with Gasteiger partial charge in [0, 0.05) is 18.3 Å². The van der Waals surface area contributed by atoms with E-state index >= 15 is 0 Å². The minimum Gasteiger partial charge on any atom is -0.479 e. The van der Waals surface area contributed by atoms with Crippen LogP contribution in [-0.4, -0.2) is 67.7 Å². The molecule has 1 N–H and O–H groups in total. The van der Waals surface area contributed by atoms with E-state index in [1.54, 1.807) is 44.4 Å². The second-order valence-electron chi connectivity index (χ2n) is 8.71. The molecule has 0 spiro atoms. The fourth-order valence-corrected chi connectivity index (χ4v) is 5.17. The van der Waals surface area contributed by atoms with E-state index in [9.17, 15) is 8.42 Å². The Morgan fingerprint density at radius 3 is 2.31 bits per heavy atom. The number of benzene rings is 1. The van der Waals surface area contributed by atoms with Crippen molar-refractivity contribution in [3.05, 3.63) is 54.4 Å². The first-order chi connectivity index (χ1) is 18.7. The number of aromatic nitrogens is 8. The molecule has 39 heavy (non-hydrogen) atoms. The van der Waals surface area contributed by atoms with E-state index in [1.807, 2.05) is 13.0 Å². The molecule has 0 aliphatic heterocycles. The number of nitrogens with one attached hydrogen (secondary N) is 1. The van der Waals surface area contributed by atoms with Gasteiger partial charge in [-0.1, -0.05) is 24.2 Å². The zero-order chi connectivity index (χ0) is 27.7. The molecule has 0 unspecified atom stereocenters. The summed E-state index contributed by atoms with van der Waals surface area (Å²) in [5.41, 5.74) is 1.85. The van der Waals surface area contributed by atoms with Crippen molar-refractivity contribution in [2.24, 2.45) is 0 Å². The van der Waals surface area contributed by atoms with E-state index in [-0.39, 0.29) is 29.2 Å². The number of para-hydroxylation sites is 1. The molecule has 0 fully saturated rings. The Bertz CT molecular complexity index is 1710. The summed E-state index contributed by atoms with van der Waals surface area (Å²) < 4.78 is 47.5. The lowest BCUT2D eigenvalue weighted by molar-refractivity contribution is 0.368. The monoisotopic (exact) mass is 551 g/mol. The number of sulfonamides is 1. The van der Waals surface area contributed by atoms with Crippen molar-refractivity contribution < 1.29 is 22.4 Å². The lowest BCUT2D eigenvalue weighted by atomic mass is 10.1. The quantitative estimate of drug-likeness (QED) is 0.284. The largest absolute Gasteiger partial charge is 0.479 e. The molecule has 4 heterocycles. The minimum atomic E-state index is -4.06. The first-order valence-electron chi connectivity index (χ1n) is 11.8. The lowest BCUT2D eigenvalue weighted by Gasteiger charge is -2.20. The zero-order valence-corrected chi connectivity index (χ0v) is 22.5. The topological polar surface area (TPSA) is 173 Å². The van der Waals surface area contributed by atoms with Crippen LogP contribution < -0.4 is 14.2 Å². The molecule has 0 bridgehead atoms. The summed E-state index contributed by atoms with van der Waals surface area (Å²) in [7, 11) is -1.23. The van der Waals surface area contributed by atoms with Crippen molar-refractivity contribution in [1.29, 1.82) is 0 Å². The molecule has 0 saturated carbocycles. The lowest BCUT2D eigenvalue weighted by Crippen LogP contribution is -2.31. The number of anilines is 1. The van der Waals surface area contributed by atoms with Crippen molar-refractivity contribution in [1.82, 2.24) is 39.9 Å². The van der Waals surface area contributed by atoms with Crippen LogP contribution in [0.2, 0.25) is 0 Å². The maximum absolute atomic E-state index is 13.6. The Morgan fingerprint density at radius 1 is 0.974 bits per heavy atom. The van der Waals surface area contributed by atoms with Gasteiger partial charge in [0.15, 0.2) is 22.8 Å². The standard InChI is InChI=1S/C24H25N9O5S/c1-13-10-25-20(26-11-13)14(2)15(3)39(34,35)32-24-30-29-21(18-16-8-6-7-9-17(16)38-31-18)33(24)19-22(36-4)27-12-28-23(19)37-5/h6-12,14-15H,1-5H3,(H,30,32)/t14-,15-/m0/s1. The summed E-state index contributed by atoms with van der Waals surface area (Å²) >= 11 is 0. The number of methoxy groups -OCH3 is 2. The van der Waals surface area contributed by atoms with Gasteiger partial charge in [-0.25, -0.2) is 23.0 Å². The van der Waals surface area contributed by atoms with E-state index in [4.69, 9.17) is 14.0 Å². The summed E-state index contributed by atoms with van der Waals surface area (Å²) in [6.45, 7) is 5.16. The van der Waals surface area contributed by atoms with Gasteiger partial charge >= 0.3 is 0 Å². The highest BCUT2D eigenvalue weighted by Crippen LogP contribution is 2.37. The molecule has 202 valence electrons. The van der Waals surface area contributed by atoms with Crippen molar-refractivity contribution in [3.63, 3.8) is 0 Å². The van der Waals surface area contributed by atoms with Gasteiger partial charge in [0.05, 0.1) is 24.9 Å². The number of nitrogens with zero attached hydrogens (tertiary/aromatic N) is 8. The summed E-state index contributed by atoms with van der Waals surface area (Å²) in [5, 5.41) is 12.3. The highest BCUT2D eigenvalue weighted by Gasteiger charge is 2.33. The molecule has 1 aromatic carbocycles. The molecule has 2 atom stereocenters. The van der Waals surface area contributed by atoms with Gasteiger partial charge in [0.1, 0.15) is 12.2 Å². The smallest absolute Gasteiger partial charge is 0.245 e. The van der Waals surface area contributed by atoms with Crippen LogP contribution in [0, 0.1) is 6.92 Å².